The molecule has 2 aromatic carbocycles. The lowest BCUT2D eigenvalue weighted by Crippen LogP contribution is -2.59. The van der Waals surface area contributed by atoms with Gasteiger partial charge in [0.2, 0.25) is 0 Å². The lowest BCUT2D eigenvalue weighted by molar-refractivity contribution is -0.140. The van der Waals surface area contributed by atoms with Crippen molar-refractivity contribution in [3.05, 3.63) is 64.4 Å². The Kier molecular flexibility index (Phi) is 8.92. The van der Waals surface area contributed by atoms with E-state index >= 15 is 0 Å². The second kappa shape index (κ2) is 11.5. The number of hydrogen-bond acceptors (Lipinski definition) is 5. The molecule has 7 nitrogen and oxygen atoms in total. The van der Waals surface area contributed by atoms with Crippen LogP contribution in [0.25, 0.3) is 0 Å². The van der Waals surface area contributed by atoms with Gasteiger partial charge in [0.15, 0.2) is 6.61 Å². The molecule has 186 valence electrons. The molecule has 1 fully saturated rings. The molecule has 0 spiro atoms. The van der Waals surface area contributed by atoms with Crippen LogP contribution in [0.5, 0.6) is 5.75 Å². The SMILES string of the molecule is CC[C@@H]1CN(Cc2ccc(F)cc2)[C@@H](C)CN1C(=O)COc1ccc(Cl)cc1CCS(=O)(=O)O. The predicted molar refractivity (Wildman–Crippen MR) is 129 cm³/mol. The average molecular weight is 513 g/mol. The van der Waals surface area contributed by atoms with E-state index in [1.165, 1.54) is 12.1 Å². The molecule has 1 N–H and O–H groups in total. The summed E-state index contributed by atoms with van der Waals surface area (Å²) in [7, 11) is -4.14. The maximum atomic E-state index is 13.2. The van der Waals surface area contributed by atoms with Gasteiger partial charge in [0.25, 0.3) is 16.0 Å². The molecule has 0 aromatic heterocycles. The first-order valence-electron chi connectivity index (χ1n) is 11.2. The minimum Gasteiger partial charge on any atom is -0.483 e. The van der Waals surface area contributed by atoms with Gasteiger partial charge in [-0.1, -0.05) is 30.7 Å². The van der Waals surface area contributed by atoms with Crippen LogP contribution >= 0.6 is 11.6 Å². The van der Waals surface area contributed by atoms with E-state index in [0.29, 0.717) is 36.0 Å². The predicted octanol–water partition coefficient (Wildman–Crippen LogP) is 3.80. The van der Waals surface area contributed by atoms with Crippen molar-refractivity contribution in [2.45, 2.75) is 45.3 Å². The molecule has 2 aromatic rings. The van der Waals surface area contributed by atoms with Crippen LogP contribution in [0.3, 0.4) is 0 Å². The summed E-state index contributed by atoms with van der Waals surface area (Å²) in [5.41, 5.74) is 1.52. The van der Waals surface area contributed by atoms with Crippen molar-refractivity contribution in [1.29, 1.82) is 0 Å². The van der Waals surface area contributed by atoms with Gasteiger partial charge in [-0.15, -0.1) is 0 Å². The summed E-state index contributed by atoms with van der Waals surface area (Å²) in [6.07, 6.45) is 0.790. The Morgan fingerprint density at radius 2 is 1.91 bits per heavy atom. The van der Waals surface area contributed by atoms with Crippen molar-refractivity contribution in [1.82, 2.24) is 9.80 Å². The first-order valence-corrected chi connectivity index (χ1v) is 13.2. The minimum absolute atomic E-state index is 0.0111. The van der Waals surface area contributed by atoms with Crippen LogP contribution in [0.2, 0.25) is 5.02 Å². The lowest BCUT2D eigenvalue weighted by atomic mass is 10.0. The number of amides is 1. The fourth-order valence-electron chi connectivity index (χ4n) is 4.14. The summed E-state index contributed by atoms with van der Waals surface area (Å²) >= 11 is 6.02. The number of ether oxygens (including phenoxy) is 1. The summed E-state index contributed by atoms with van der Waals surface area (Å²) in [6.45, 7) is 5.81. The molecule has 34 heavy (non-hydrogen) atoms. The Hall–Kier alpha value is -2.20. The monoisotopic (exact) mass is 512 g/mol. The maximum Gasteiger partial charge on any atom is 0.265 e. The van der Waals surface area contributed by atoms with Crippen LogP contribution in [-0.4, -0.2) is 66.2 Å². The zero-order chi connectivity index (χ0) is 24.9. The van der Waals surface area contributed by atoms with E-state index in [1.807, 2.05) is 11.8 Å². The molecule has 3 rings (SSSR count). The van der Waals surface area contributed by atoms with E-state index in [4.69, 9.17) is 20.9 Å². The smallest absolute Gasteiger partial charge is 0.265 e. The van der Waals surface area contributed by atoms with Crippen LogP contribution in [0.4, 0.5) is 4.39 Å². The minimum atomic E-state index is -4.14. The largest absolute Gasteiger partial charge is 0.483 e. The Balaban J connectivity index is 1.63. The number of hydrogen-bond donors (Lipinski definition) is 1. The highest BCUT2D eigenvalue weighted by Gasteiger charge is 2.33. The summed E-state index contributed by atoms with van der Waals surface area (Å²) in [5, 5.41) is 0.404. The van der Waals surface area contributed by atoms with E-state index in [1.54, 1.807) is 30.3 Å². The zero-order valence-electron chi connectivity index (χ0n) is 19.3. The molecule has 0 saturated carbocycles. The third kappa shape index (κ3) is 7.40. The number of piperazine rings is 1. The molecule has 0 unspecified atom stereocenters. The fraction of sp³-hybridized carbons (Fsp3) is 0.458. The number of aryl methyl sites for hydroxylation is 1. The van der Waals surface area contributed by atoms with Gasteiger partial charge in [0.05, 0.1) is 5.75 Å². The van der Waals surface area contributed by atoms with Crippen molar-refractivity contribution in [2.24, 2.45) is 0 Å². The topological polar surface area (TPSA) is 87.2 Å². The first-order chi connectivity index (χ1) is 16.1. The van der Waals surface area contributed by atoms with Crippen molar-refractivity contribution < 1.29 is 26.9 Å². The fourth-order valence-corrected chi connectivity index (χ4v) is 4.82. The molecule has 1 aliphatic heterocycles. The zero-order valence-corrected chi connectivity index (χ0v) is 20.9. The quantitative estimate of drug-likeness (QED) is 0.514. The molecule has 1 heterocycles. The third-order valence-corrected chi connectivity index (χ3v) is 7.02. The second-order valence-electron chi connectivity index (χ2n) is 8.59. The summed E-state index contributed by atoms with van der Waals surface area (Å²) in [4.78, 5) is 17.2. The molecule has 1 aliphatic rings. The normalized spacial score (nSPS) is 19.3. The summed E-state index contributed by atoms with van der Waals surface area (Å²) < 4.78 is 50.3. The molecule has 0 radical (unpaired) electrons. The number of rotatable bonds is 9. The van der Waals surface area contributed by atoms with E-state index in [0.717, 1.165) is 12.0 Å². The molecule has 10 heteroatoms. The van der Waals surface area contributed by atoms with E-state index < -0.39 is 15.9 Å². The second-order valence-corrected chi connectivity index (χ2v) is 10.6. The highest BCUT2D eigenvalue weighted by Crippen LogP contribution is 2.25. The van der Waals surface area contributed by atoms with Gasteiger partial charge in [-0.2, -0.15) is 8.42 Å². The number of halogens is 2. The molecular formula is C24H30ClFN2O5S. The summed E-state index contributed by atoms with van der Waals surface area (Å²) in [5.74, 6) is -0.531. The van der Waals surface area contributed by atoms with E-state index in [2.05, 4.69) is 11.8 Å². The van der Waals surface area contributed by atoms with Crippen molar-refractivity contribution in [3.63, 3.8) is 0 Å². The van der Waals surface area contributed by atoms with Crippen LogP contribution in [-0.2, 0) is 27.9 Å². The molecule has 2 atom stereocenters. The highest BCUT2D eigenvalue weighted by molar-refractivity contribution is 7.85. The van der Waals surface area contributed by atoms with Gasteiger partial charge >= 0.3 is 0 Å². The summed E-state index contributed by atoms with van der Waals surface area (Å²) in [6, 6.07) is 11.3. The molecule has 1 amide bonds. The number of carbonyl (C=O) groups is 1. The van der Waals surface area contributed by atoms with Gasteiger partial charge in [-0.25, -0.2) is 4.39 Å². The molecule has 0 aliphatic carbocycles. The van der Waals surface area contributed by atoms with E-state index in [9.17, 15) is 17.6 Å². The number of benzene rings is 2. The van der Waals surface area contributed by atoms with Crippen LogP contribution < -0.4 is 4.74 Å². The van der Waals surface area contributed by atoms with Gasteiger partial charge in [-0.05, 0) is 61.2 Å². The van der Waals surface area contributed by atoms with Crippen molar-refractivity contribution in [2.75, 3.05) is 25.4 Å². The third-order valence-electron chi connectivity index (χ3n) is 6.06. The number of nitrogens with zero attached hydrogens (tertiary/aromatic N) is 2. The van der Waals surface area contributed by atoms with Crippen LogP contribution in [0.15, 0.2) is 42.5 Å². The van der Waals surface area contributed by atoms with Gasteiger partial charge < -0.3 is 9.64 Å². The number of carbonyl (C=O) groups excluding carboxylic acids is 1. The van der Waals surface area contributed by atoms with Gasteiger partial charge in [0, 0.05) is 36.7 Å². The van der Waals surface area contributed by atoms with Crippen molar-refractivity contribution >= 4 is 27.6 Å². The molecule has 1 saturated heterocycles. The van der Waals surface area contributed by atoms with Gasteiger partial charge in [-0.3, -0.25) is 14.2 Å². The Bertz CT molecular complexity index is 1100. The van der Waals surface area contributed by atoms with Crippen LogP contribution in [0.1, 0.15) is 31.4 Å². The van der Waals surface area contributed by atoms with E-state index in [-0.39, 0.29) is 36.8 Å². The standard InChI is InChI=1S/C24H30ClFN2O5S/c1-3-22-15-27(14-18-4-7-21(26)8-5-18)17(2)13-28(22)24(29)16-33-23-9-6-20(25)12-19(23)10-11-34(30,31)32/h4-9,12,17,22H,3,10-11,13-16H2,1-2H3,(H,30,31,32)/t17-,22+/m0/s1. The van der Waals surface area contributed by atoms with Crippen LogP contribution in [0, 0.1) is 5.82 Å². The van der Waals surface area contributed by atoms with Gasteiger partial charge in [0.1, 0.15) is 11.6 Å². The Morgan fingerprint density at radius 3 is 2.56 bits per heavy atom. The van der Waals surface area contributed by atoms with Crippen molar-refractivity contribution in [3.8, 4) is 5.75 Å². The average Bonchev–Trinajstić information content (AvgIpc) is 2.78. The molecular weight excluding hydrogens is 483 g/mol. The maximum absolute atomic E-state index is 13.2. The Morgan fingerprint density at radius 1 is 1.21 bits per heavy atom. The molecule has 0 bridgehead atoms. The lowest BCUT2D eigenvalue weighted by Gasteiger charge is -2.45. The first kappa shape index (κ1) is 26.4. The Labute approximate surface area is 205 Å². The highest BCUT2D eigenvalue weighted by atomic mass is 35.5.